The van der Waals surface area contributed by atoms with Crippen LogP contribution >= 0.6 is 0 Å². The van der Waals surface area contributed by atoms with Crippen molar-refractivity contribution in [2.45, 2.75) is 0 Å². The van der Waals surface area contributed by atoms with Gasteiger partial charge in [0.1, 0.15) is 0 Å². The summed E-state index contributed by atoms with van der Waals surface area (Å²) >= 11 is 0. The van der Waals surface area contributed by atoms with Crippen LogP contribution in [0.2, 0.25) is 0 Å². The molecule has 0 aliphatic carbocycles. The van der Waals surface area contributed by atoms with Crippen LogP contribution in [0, 0.1) is 11.6 Å². The molecule has 0 aliphatic rings. The van der Waals surface area contributed by atoms with Crippen molar-refractivity contribution in [2.75, 3.05) is 7.11 Å². The van der Waals surface area contributed by atoms with Crippen molar-refractivity contribution in [2.24, 2.45) is 0 Å². The van der Waals surface area contributed by atoms with E-state index in [1.807, 2.05) is 0 Å². The average Bonchev–Trinajstić information content (AvgIpc) is 1.99. The molecule has 1 aromatic carbocycles. The van der Waals surface area contributed by atoms with Gasteiger partial charge in [0.2, 0.25) is 11.6 Å². The summed E-state index contributed by atoms with van der Waals surface area (Å²) in [6, 6.07) is 1.68. The maximum Gasteiger partial charge on any atom is 0.218 e. The second-order valence-corrected chi connectivity index (χ2v) is 1.89. The summed E-state index contributed by atoms with van der Waals surface area (Å²) in [4.78, 5) is 0. The Morgan fingerprint density at radius 3 is 2.45 bits per heavy atom. The van der Waals surface area contributed by atoms with Gasteiger partial charge >= 0.3 is 0 Å². The minimum absolute atomic E-state index is 0.627. The standard InChI is InChI=1S/C7H5F2O2/c1-11-7-4(8)2-3-5(10)6(7)9/h2-3H,1H3. The quantitative estimate of drug-likeness (QED) is 0.617. The molecule has 0 unspecified atom stereocenters. The summed E-state index contributed by atoms with van der Waals surface area (Å²) in [6.45, 7) is 0. The van der Waals surface area contributed by atoms with Crippen LogP contribution in [0.15, 0.2) is 12.1 Å². The first-order chi connectivity index (χ1) is 5.16. The van der Waals surface area contributed by atoms with Gasteiger partial charge in [-0.25, -0.2) is 4.39 Å². The Labute approximate surface area is 62.0 Å². The molecule has 1 aromatic rings. The summed E-state index contributed by atoms with van der Waals surface area (Å²) in [6.07, 6.45) is 0. The molecule has 59 valence electrons. The van der Waals surface area contributed by atoms with Crippen LogP contribution in [-0.2, 0) is 5.11 Å². The number of benzene rings is 1. The first kappa shape index (κ1) is 7.78. The molecular weight excluding hydrogens is 154 g/mol. The Hall–Kier alpha value is -1.32. The maximum atomic E-state index is 12.6. The number of rotatable bonds is 1. The lowest BCUT2D eigenvalue weighted by Crippen LogP contribution is -1.91. The van der Waals surface area contributed by atoms with Gasteiger partial charge in [-0.15, -0.1) is 0 Å². The van der Waals surface area contributed by atoms with Gasteiger partial charge in [0.05, 0.1) is 7.11 Å². The lowest BCUT2D eigenvalue weighted by molar-refractivity contribution is 0.304. The second kappa shape index (κ2) is 2.74. The highest BCUT2D eigenvalue weighted by atomic mass is 19.1. The Morgan fingerprint density at radius 2 is 2.00 bits per heavy atom. The molecule has 2 nitrogen and oxygen atoms in total. The van der Waals surface area contributed by atoms with E-state index in [2.05, 4.69) is 4.74 Å². The molecule has 0 N–H and O–H groups in total. The fourth-order valence-corrected chi connectivity index (χ4v) is 0.702. The SMILES string of the molecule is COc1c(F)ccc([O])c1F. The van der Waals surface area contributed by atoms with Crippen molar-refractivity contribution in [1.29, 1.82) is 0 Å². The van der Waals surface area contributed by atoms with Gasteiger partial charge < -0.3 is 4.74 Å². The third-order valence-electron chi connectivity index (χ3n) is 1.22. The van der Waals surface area contributed by atoms with E-state index >= 15 is 0 Å². The summed E-state index contributed by atoms with van der Waals surface area (Å²) in [7, 11) is 1.10. The molecule has 0 aromatic heterocycles. The average molecular weight is 159 g/mol. The summed E-state index contributed by atoms with van der Waals surface area (Å²) in [5.41, 5.74) is 0. The fraction of sp³-hybridized carbons (Fsp3) is 0.143. The molecule has 0 fully saturated rings. The first-order valence-electron chi connectivity index (χ1n) is 2.86. The number of halogens is 2. The van der Waals surface area contributed by atoms with E-state index in [0.29, 0.717) is 0 Å². The molecule has 0 aliphatic heterocycles. The lowest BCUT2D eigenvalue weighted by atomic mass is 10.3. The van der Waals surface area contributed by atoms with Crippen LogP contribution in [0.3, 0.4) is 0 Å². The molecule has 11 heavy (non-hydrogen) atoms. The molecule has 0 heterocycles. The highest BCUT2D eigenvalue weighted by Crippen LogP contribution is 2.28. The Bertz CT molecular complexity index is 273. The van der Waals surface area contributed by atoms with E-state index in [1.165, 1.54) is 0 Å². The van der Waals surface area contributed by atoms with Crippen molar-refractivity contribution in [1.82, 2.24) is 0 Å². The summed E-state index contributed by atoms with van der Waals surface area (Å²) in [5.74, 6) is -3.56. The van der Waals surface area contributed by atoms with Crippen LogP contribution < -0.4 is 4.74 Å². The molecule has 0 saturated heterocycles. The van der Waals surface area contributed by atoms with Crippen molar-refractivity contribution in [3.63, 3.8) is 0 Å². The third-order valence-corrected chi connectivity index (χ3v) is 1.22. The molecule has 0 saturated carbocycles. The minimum atomic E-state index is -1.19. The van der Waals surface area contributed by atoms with E-state index in [1.54, 1.807) is 0 Å². The van der Waals surface area contributed by atoms with Gasteiger partial charge in [-0.05, 0) is 12.1 Å². The third kappa shape index (κ3) is 1.24. The molecule has 0 atom stereocenters. The molecule has 4 heteroatoms. The molecule has 1 radical (unpaired) electrons. The molecular formula is C7H5F2O2. The highest BCUT2D eigenvalue weighted by Gasteiger charge is 2.13. The number of hydrogen-bond acceptors (Lipinski definition) is 1. The zero-order chi connectivity index (χ0) is 8.43. The molecule has 0 amide bonds. The van der Waals surface area contributed by atoms with Gasteiger partial charge in [0.15, 0.2) is 11.6 Å². The highest BCUT2D eigenvalue weighted by molar-refractivity contribution is 5.35. The van der Waals surface area contributed by atoms with Gasteiger partial charge in [-0.1, -0.05) is 0 Å². The van der Waals surface area contributed by atoms with Crippen LogP contribution in [0.25, 0.3) is 0 Å². The maximum absolute atomic E-state index is 12.6. The van der Waals surface area contributed by atoms with Crippen molar-refractivity contribution in [3.05, 3.63) is 23.8 Å². The van der Waals surface area contributed by atoms with Crippen LogP contribution in [0.5, 0.6) is 11.5 Å². The molecule has 1 rings (SSSR count). The normalized spacial score (nSPS) is 9.73. The molecule has 0 spiro atoms. The Balaban J connectivity index is 3.29. The molecule has 0 bridgehead atoms. The topological polar surface area (TPSA) is 29.1 Å². The van der Waals surface area contributed by atoms with Gasteiger partial charge in [0, 0.05) is 0 Å². The number of ether oxygens (including phenoxy) is 1. The predicted molar refractivity (Wildman–Crippen MR) is 33.0 cm³/mol. The van der Waals surface area contributed by atoms with Crippen molar-refractivity contribution in [3.8, 4) is 11.5 Å². The van der Waals surface area contributed by atoms with Crippen LogP contribution in [0.1, 0.15) is 0 Å². The van der Waals surface area contributed by atoms with Crippen LogP contribution in [0.4, 0.5) is 8.78 Å². The van der Waals surface area contributed by atoms with Gasteiger partial charge in [-0.2, -0.15) is 4.39 Å². The van der Waals surface area contributed by atoms with E-state index in [9.17, 15) is 13.9 Å². The van der Waals surface area contributed by atoms with Crippen molar-refractivity contribution >= 4 is 0 Å². The summed E-state index contributed by atoms with van der Waals surface area (Å²) < 4.78 is 29.4. The lowest BCUT2D eigenvalue weighted by Gasteiger charge is -2.01. The smallest absolute Gasteiger partial charge is 0.218 e. The largest absolute Gasteiger partial charge is 0.491 e. The van der Waals surface area contributed by atoms with E-state index < -0.39 is 23.1 Å². The van der Waals surface area contributed by atoms with E-state index in [0.717, 1.165) is 19.2 Å². The second-order valence-electron chi connectivity index (χ2n) is 1.89. The van der Waals surface area contributed by atoms with E-state index in [-0.39, 0.29) is 0 Å². The van der Waals surface area contributed by atoms with Gasteiger partial charge in [0.25, 0.3) is 0 Å². The Morgan fingerprint density at radius 1 is 1.36 bits per heavy atom. The van der Waals surface area contributed by atoms with Crippen molar-refractivity contribution < 1.29 is 18.6 Å². The van der Waals surface area contributed by atoms with Crippen LogP contribution in [-0.4, -0.2) is 7.11 Å². The number of hydrogen-bond donors (Lipinski definition) is 0. The summed E-state index contributed by atoms with van der Waals surface area (Å²) in [5, 5.41) is 10.5. The fourth-order valence-electron chi connectivity index (χ4n) is 0.702. The van der Waals surface area contributed by atoms with E-state index in [4.69, 9.17) is 0 Å². The first-order valence-corrected chi connectivity index (χ1v) is 2.86. The minimum Gasteiger partial charge on any atom is -0.491 e. The Kier molecular flexibility index (Phi) is 1.94. The van der Waals surface area contributed by atoms with Gasteiger partial charge in [-0.3, -0.25) is 5.11 Å². The number of methoxy groups -OCH3 is 1. The zero-order valence-electron chi connectivity index (χ0n) is 5.73. The monoisotopic (exact) mass is 159 g/mol. The predicted octanol–water partition coefficient (Wildman–Crippen LogP) is 2.12. The zero-order valence-corrected chi connectivity index (χ0v) is 5.73.